The van der Waals surface area contributed by atoms with Gasteiger partial charge in [-0.3, -0.25) is 0 Å². The largest absolute Gasteiger partial charge is 0.310 e. The average Bonchev–Trinajstić information content (AvgIpc) is 2.50. The van der Waals surface area contributed by atoms with Crippen molar-refractivity contribution in [2.24, 2.45) is 0 Å². The lowest BCUT2D eigenvalue weighted by molar-refractivity contribution is 0.498. The molecule has 0 radical (unpaired) electrons. The Labute approximate surface area is 71.4 Å². The van der Waals surface area contributed by atoms with Gasteiger partial charge in [-0.2, -0.15) is 0 Å². The SMILES string of the molecule is CC[C@H]1NCCc2sccc21. The predicted molar refractivity (Wildman–Crippen MR) is 49.1 cm³/mol. The van der Waals surface area contributed by atoms with Crippen molar-refractivity contribution in [3.8, 4) is 0 Å². The van der Waals surface area contributed by atoms with Crippen LogP contribution in [0.15, 0.2) is 11.4 Å². The van der Waals surface area contributed by atoms with E-state index in [1.165, 1.54) is 12.8 Å². The van der Waals surface area contributed by atoms with E-state index in [0.29, 0.717) is 6.04 Å². The first kappa shape index (κ1) is 7.32. The summed E-state index contributed by atoms with van der Waals surface area (Å²) in [7, 11) is 0. The van der Waals surface area contributed by atoms with Gasteiger partial charge in [0.05, 0.1) is 0 Å². The van der Waals surface area contributed by atoms with E-state index in [0.717, 1.165) is 6.54 Å². The van der Waals surface area contributed by atoms with Crippen LogP contribution in [0.4, 0.5) is 0 Å². The van der Waals surface area contributed by atoms with E-state index >= 15 is 0 Å². The highest BCUT2D eigenvalue weighted by Gasteiger charge is 2.17. The normalized spacial score (nSPS) is 23.2. The summed E-state index contributed by atoms with van der Waals surface area (Å²) in [6.45, 7) is 3.40. The zero-order valence-electron chi connectivity index (χ0n) is 6.76. The molecule has 1 nitrogen and oxygen atoms in total. The van der Waals surface area contributed by atoms with Crippen molar-refractivity contribution in [3.05, 3.63) is 21.9 Å². The van der Waals surface area contributed by atoms with Crippen LogP contribution in [-0.2, 0) is 6.42 Å². The maximum absolute atomic E-state index is 3.52. The van der Waals surface area contributed by atoms with Crippen molar-refractivity contribution in [2.45, 2.75) is 25.8 Å². The molecule has 2 heteroatoms. The molecule has 0 fully saturated rings. The third-order valence-corrected chi connectivity index (χ3v) is 3.30. The molecule has 0 spiro atoms. The molecule has 1 aliphatic heterocycles. The van der Waals surface area contributed by atoms with Crippen molar-refractivity contribution >= 4 is 11.3 Å². The van der Waals surface area contributed by atoms with Crippen LogP contribution in [-0.4, -0.2) is 6.54 Å². The van der Waals surface area contributed by atoms with Crippen molar-refractivity contribution < 1.29 is 0 Å². The van der Waals surface area contributed by atoms with Gasteiger partial charge in [-0.05, 0) is 29.9 Å². The van der Waals surface area contributed by atoms with Crippen molar-refractivity contribution in [2.75, 3.05) is 6.54 Å². The summed E-state index contributed by atoms with van der Waals surface area (Å²) in [5.41, 5.74) is 1.55. The number of hydrogen-bond acceptors (Lipinski definition) is 2. The third-order valence-electron chi connectivity index (χ3n) is 2.31. The minimum atomic E-state index is 0.630. The maximum Gasteiger partial charge on any atom is 0.0328 e. The van der Waals surface area contributed by atoms with Crippen LogP contribution in [0.3, 0.4) is 0 Å². The van der Waals surface area contributed by atoms with E-state index in [1.54, 1.807) is 10.4 Å². The molecule has 1 aromatic rings. The van der Waals surface area contributed by atoms with Crippen LogP contribution in [0.1, 0.15) is 29.8 Å². The molecular weight excluding hydrogens is 154 g/mol. The molecule has 0 amide bonds. The van der Waals surface area contributed by atoms with E-state index in [2.05, 4.69) is 23.7 Å². The number of nitrogens with one attached hydrogen (secondary N) is 1. The first-order valence-corrected chi connectivity index (χ1v) is 5.09. The highest BCUT2D eigenvalue weighted by molar-refractivity contribution is 7.10. The van der Waals surface area contributed by atoms with Crippen molar-refractivity contribution in [1.29, 1.82) is 0 Å². The summed E-state index contributed by atoms with van der Waals surface area (Å²) >= 11 is 1.90. The van der Waals surface area contributed by atoms with E-state index < -0.39 is 0 Å². The zero-order valence-corrected chi connectivity index (χ0v) is 7.58. The average molecular weight is 167 g/mol. The van der Waals surface area contributed by atoms with Gasteiger partial charge in [-0.25, -0.2) is 0 Å². The molecule has 2 rings (SSSR count). The Morgan fingerprint density at radius 1 is 1.73 bits per heavy atom. The first-order chi connectivity index (χ1) is 5.42. The molecule has 0 aromatic carbocycles. The van der Waals surface area contributed by atoms with Gasteiger partial charge < -0.3 is 5.32 Å². The highest BCUT2D eigenvalue weighted by Crippen LogP contribution is 2.28. The van der Waals surface area contributed by atoms with E-state index in [-0.39, 0.29) is 0 Å². The second-order valence-corrected chi connectivity index (χ2v) is 3.96. The molecule has 60 valence electrons. The van der Waals surface area contributed by atoms with E-state index in [4.69, 9.17) is 0 Å². The lowest BCUT2D eigenvalue weighted by Gasteiger charge is -2.22. The van der Waals surface area contributed by atoms with Crippen LogP contribution in [0.2, 0.25) is 0 Å². The Bertz CT molecular complexity index is 241. The number of fused-ring (bicyclic) bond motifs is 1. The molecule has 1 N–H and O–H groups in total. The van der Waals surface area contributed by atoms with Gasteiger partial charge in [0.15, 0.2) is 0 Å². The van der Waals surface area contributed by atoms with Gasteiger partial charge in [0, 0.05) is 17.5 Å². The maximum atomic E-state index is 3.52. The Hall–Kier alpha value is -0.340. The van der Waals surface area contributed by atoms with Crippen LogP contribution in [0.5, 0.6) is 0 Å². The molecule has 1 aromatic heterocycles. The van der Waals surface area contributed by atoms with Crippen LogP contribution >= 0.6 is 11.3 Å². The monoisotopic (exact) mass is 167 g/mol. The fraction of sp³-hybridized carbons (Fsp3) is 0.556. The molecule has 0 saturated heterocycles. The zero-order chi connectivity index (χ0) is 7.68. The molecule has 2 heterocycles. The van der Waals surface area contributed by atoms with Gasteiger partial charge in [0.2, 0.25) is 0 Å². The minimum absolute atomic E-state index is 0.630. The molecule has 0 aliphatic carbocycles. The Morgan fingerprint density at radius 3 is 3.45 bits per heavy atom. The van der Waals surface area contributed by atoms with Crippen LogP contribution in [0.25, 0.3) is 0 Å². The quantitative estimate of drug-likeness (QED) is 0.677. The number of rotatable bonds is 1. The van der Waals surface area contributed by atoms with Crippen LogP contribution in [0, 0.1) is 0 Å². The topological polar surface area (TPSA) is 12.0 Å². The molecule has 1 aliphatic rings. The summed E-state index contributed by atoms with van der Waals surface area (Å²) in [5, 5.41) is 5.73. The fourth-order valence-corrected chi connectivity index (χ4v) is 2.64. The van der Waals surface area contributed by atoms with Crippen molar-refractivity contribution in [3.63, 3.8) is 0 Å². The number of thiophene rings is 1. The van der Waals surface area contributed by atoms with Crippen molar-refractivity contribution in [1.82, 2.24) is 5.32 Å². The molecular formula is C9H13NS. The summed E-state index contributed by atoms with van der Waals surface area (Å²) in [5.74, 6) is 0. The fourth-order valence-electron chi connectivity index (χ4n) is 1.70. The first-order valence-electron chi connectivity index (χ1n) is 4.21. The van der Waals surface area contributed by atoms with Gasteiger partial charge in [-0.1, -0.05) is 6.92 Å². The van der Waals surface area contributed by atoms with Gasteiger partial charge in [0.1, 0.15) is 0 Å². The molecule has 0 unspecified atom stereocenters. The standard InChI is InChI=1S/C9H13NS/c1-2-8-7-4-6-11-9(7)3-5-10-8/h4,6,8,10H,2-3,5H2,1H3/t8-/m1/s1. The molecule has 0 saturated carbocycles. The summed E-state index contributed by atoms with van der Waals surface area (Å²) in [6.07, 6.45) is 2.44. The Balaban J connectivity index is 2.32. The summed E-state index contributed by atoms with van der Waals surface area (Å²) in [4.78, 5) is 1.59. The van der Waals surface area contributed by atoms with Gasteiger partial charge in [-0.15, -0.1) is 11.3 Å². The smallest absolute Gasteiger partial charge is 0.0328 e. The number of hydrogen-bond donors (Lipinski definition) is 1. The molecule has 11 heavy (non-hydrogen) atoms. The second kappa shape index (κ2) is 2.95. The third kappa shape index (κ3) is 1.21. The summed E-state index contributed by atoms with van der Waals surface area (Å²) in [6, 6.07) is 2.89. The molecule has 1 atom stereocenters. The second-order valence-electron chi connectivity index (χ2n) is 2.96. The molecule has 0 bridgehead atoms. The van der Waals surface area contributed by atoms with Gasteiger partial charge in [0.25, 0.3) is 0 Å². The Kier molecular flexibility index (Phi) is 1.96. The van der Waals surface area contributed by atoms with Crippen LogP contribution < -0.4 is 5.32 Å². The predicted octanol–water partition coefficient (Wildman–Crippen LogP) is 2.34. The lowest BCUT2D eigenvalue weighted by Crippen LogP contribution is -2.27. The summed E-state index contributed by atoms with van der Waals surface area (Å²) < 4.78 is 0. The minimum Gasteiger partial charge on any atom is -0.310 e. The highest BCUT2D eigenvalue weighted by atomic mass is 32.1. The Morgan fingerprint density at radius 2 is 2.64 bits per heavy atom. The van der Waals surface area contributed by atoms with Gasteiger partial charge >= 0.3 is 0 Å². The van der Waals surface area contributed by atoms with E-state index in [1.807, 2.05) is 11.3 Å². The lowest BCUT2D eigenvalue weighted by atomic mass is 10.0. The van der Waals surface area contributed by atoms with E-state index in [9.17, 15) is 0 Å².